The smallest absolute Gasteiger partial charge is 0.412 e. The standard InChI is InChI=1S/C14H23BrF3NO3/c1-12(2,3)22-11(20)19-10(8-21-13(19,4)5)6-9(7-15)14(16,17)18/h9-10H,6-8H2,1-5H3/t9-,10-/m1/s1. The molecule has 0 aromatic rings. The quantitative estimate of drug-likeness (QED) is 0.674. The summed E-state index contributed by atoms with van der Waals surface area (Å²) in [7, 11) is 0. The van der Waals surface area contributed by atoms with E-state index in [1.54, 1.807) is 34.6 Å². The number of ether oxygens (including phenoxy) is 2. The predicted molar refractivity (Wildman–Crippen MR) is 79.8 cm³/mol. The first-order valence-corrected chi connectivity index (χ1v) is 8.19. The minimum atomic E-state index is -4.32. The van der Waals surface area contributed by atoms with Crippen molar-refractivity contribution >= 4 is 22.0 Å². The SMILES string of the molecule is CC(C)(C)OC(=O)N1[C@H](C[C@H](CBr)C(F)(F)F)COC1(C)C. The van der Waals surface area contributed by atoms with Crippen LogP contribution in [0, 0.1) is 5.92 Å². The molecule has 0 saturated carbocycles. The average Bonchev–Trinajstić information content (AvgIpc) is 2.57. The minimum absolute atomic E-state index is 0.0613. The Morgan fingerprint density at radius 3 is 2.36 bits per heavy atom. The first-order chi connectivity index (χ1) is 9.78. The number of alkyl halides is 4. The van der Waals surface area contributed by atoms with Gasteiger partial charge in [0.05, 0.1) is 18.6 Å². The Bertz CT molecular complexity index is 407. The molecule has 1 rings (SSSR count). The molecule has 0 bridgehead atoms. The number of nitrogens with zero attached hydrogens (tertiary/aromatic N) is 1. The van der Waals surface area contributed by atoms with Crippen LogP contribution in [-0.4, -0.2) is 46.5 Å². The van der Waals surface area contributed by atoms with Crippen LogP contribution in [0.3, 0.4) is 0 Å². The zero-order valence-corrected chi connectivity index (χ0v) is 15.0. The first kappa shape index (κ1) is 19.5. The van der Waals surface area contributed by atoms with Crippen molar-refractivity contribution in [2.24, 2.45) is 5.92 Å². The summed E-state index contributed by atoms with van der Waals surface area (Å²) in [6.45, 7) is 8.48. The Hall–Kier alpha value is -0.500. The highest BCUT2D eigenvalue weighted by Crippen LogP contribution is 2.37. The van der Waals surface area contributed by atoms with Gasteiger partial charge in [-0.1, -0.05) is 15.9 Å². The number of carbonyl (C=O) groups is 1. The molecule has 22 heavy (non-hydrogen) atoms. The first-order valence-electron chi connectivity index (χ1n) is 7.07. The maximum atomic E-state index is 13.0. The fourth-order valence-electron chi connectivity index (χ4n) is 2.35. The molecule has 2 atom stereocenters. The fourth-order valence-corrected chi connectivity index (χ4v) is 2.98. The van der Waals surface area contributed by atoms with Crippen molar-refractivity contribution in [2.45, 2.75) is 64.6 Å². The van der Waals surface area contributed by atoms with Crippen LogP contribution >= 0.6 is 15.9 Å². The third-order valence-corrected chi connectivity index (χ3v) is 4.15. The molecule has 0 aromatic carbocycles. The van der Waals surface area contributed by atoms with Crippen LogP contribution in [0.5, 0.6) is 0 Å². The van der Waals surface area contributed by atoms with E-state index in [2.05, 4.69) is 15.9 Å². The molecule has 0 aliphatic carbocycles. The molecule has 4 nitrogen and oxygen atoms in total. The summed E-state index contributed by atoms with van der Waals surface area (Å²) in [5.74, 6) is -1.54. The second-order valence-electron chi connectivity index (χ2n) is 6.89. The zero-order valence-electron chi connectivity index (χ0n) is 13.5. The van der Waals surface area contributed by atoms with Gasteiger partial charge in [0.25, 0.3) is 0 Å². The van der Waals surface area contributed by atoms with E-state index < -0.39 is 35.6 Å². The van der Waals surface area contributed by atoms with E-state index in [1.165, 1.54) is 4.90 Å². The Morgan fingerprint density at radius 2 is 1.95 bits per heavy atom. The van der Waals surface area contributed by atoms with Gasteiger partial charge in [-0.15, -0.1) is 0 Å². The topological polar surface area (TPSA) is 38.8 Å². The number of carbonyl (C=O) groups excluding carboxylic acids is 1. The van der Waals surface area contributed by atoms with E-state index in [0.717, 1.165) is 0 Å². The average molecular weight is 390 g/mol. The van der Waals surface area contributed by atoms with Gasteiger partial charge in [0.2, 0.25) is 0 Å². The molecule has 1 aliphatic rings. The molecule has 0 N–H and O–H groups in total. The molecule has 1 amide bonds. The highest BCUT2D eigenvalue weighted by Gasteiger charge is 2.49. The van der Waals surface area contributed by atoms with Gasteiger partial charge in [0.15, 0.2) is 0 Å². The zero-order chi connectivity index (χ0) is 17.3. The Morgan fingerprint density at radius 1 is 1.41 bits per heavy atom. The van der Waals surface area contributed by atoms with Crippen molar-refractivity contribution in [3.63, 3.8) is 0 Å². The predicted octanol–water partition coefficient (Wildman–Crippen LogP) is 4.32. The highest BCUT2D eigenvalue weighted by atomic mass is 79.9. The third kappa shape index (κ3) is 5.01. The molecule has 0 spiro atoms. The summed E-state index contributed by atoms with van der Waals surface area (Å²) < 4.78 is 49.7. The number of halogens is 4. The monoisotopic (exact) mass is 389 g/mol. The summed E-state index contributed by atoms with van der Waals surface area (Å²) in [5.41, 5.74) is -1.71. The van der Waals surface area contributed by atoms with Crippen LogP contribution in [0.2, 0.25) is 0 Å². The molecular formula is C14H23BrF3NO3. The maximum absolute atomic E-state index is 13.0. The van der Waals surface area contributed by atoms with Crippen LogP contribution in [0.15, 0.2) is 0 Å². The number of hydrogen-bond donors (Lipinski definition) is 0. The van der Waals surface area contributed by atoms with E-state index in [4.69, 9.17) is 9.47 Å². The Labute approximate surface area is 137 Å². The summed E-state index contributed by atoms with van der Waals surface area (Å²) in [6.07, 6.45) is -5.21. The lowest BCUT2D eigenvalue weighted by molar-refractivity contribution is -0.172. The summed E-state index contributed by atoms with van der Waals surface area (Å²) in [5, 5.41) is -0.213. The van der Waals surface area contributed by atoms with E-state index in [1.807, 2.05) is 0 Å². The number of hydrogen-bond acceptors (Lipinski definition) is 3. The number of amides is 1. The van der Waals surface area contributed by atoms with Gasteiger partial charge < -0.3 is 9.47 Å². The second kappa shape index (κ2) is 6.55. The van der Waals surface area contributed by atoms with Gasteiger partial charge in [-0.05, 0) is 41.0 Å². The largest absolute Gasteiger partial charge is 0.444 e. The highest BCUT2D eigenvalue weighted by molar-refractivity contribution is 9.09. The molecule has 0 radical (unpaired) electrons. The fraction of sp³-hybridized carbons (Fsp3) is 0.929. The van der Waals surface area contributed by atoms with Crippen molar-refractivity contribution < 1.29 is 27.4 Å². The summed E-state index contributed by atoms with van der Waals surface area (Å²) in [6, 6.07) is -0.672. The van der Waals surface area contributed by atoms with Gasteiger partial charge in [-0.25, -0.2) is 4.79 Å². The Kier molecular flexibility index (Phi) is 5.82. The maximum Gasteiger partial charge on any atom is 0.412 e. The molecule has 1 aliphatic heterocycles. The van der Waals surface area contributed by atoms with E-state index in [-0.39, 0.29) is 18.4 Å². The lowest BCUT2D eigenvalue weighted by Crippen LogP contribution is -2.50. The van der Waals surface area contributed by atoms with Crippen molar-refractivity contribution in [2.75, 3.05) is 11.9 Å². The minimum Gasteiger partial charge on any atom is -0.444 e. The van der Waals surface area contributed by atoms with Crippen LogP contribution in [0.25, 0.3) is 0 Å². The van der Waals surface area contributed by atoms with Gasteiger partial charge in [-0.3, -0.25) is 4.90 Å². The van der Waals surface area contributed by atoms with Crippen molar-refractivity contribution in [3.8, 4) is 0 Å². The van der Waals surface area contributed by atoms with Gasteiger partial charge in [0, 0.05) is 5.33 Å². The van der Waals surface area contributed by atoms with Gasteiger partial charge in [0.1, 0.15) is 11.3 Å². The summed E-state index contributed by atoms with van der Waals surface area (Å²) >= 11 is 2.90. The molecule has 1 heterocycles. The van der Waals surface area contributed by atoms with Crippen LogP contribution in [-0.2, 0) is 9.47 Å². The van der Waals surface area contributed by atoms with Gasteiger partial charge in [-0.2, -0.15) is 13.2 Å². The van der Waals surface area contributed by atoms with Crippen molar-refractivity contribution in [1.82, 2.24) is 4.90 Å². The van der Waals surface area contributed by atoms with Crippen molar-refractivity contribution in [3.05, 3.63) is 0 Å². The summed E-state index contributed by atoms with van der Waals surface area (Å²) in [4.78, 5) is 13.6. The molecule has 130 valence electrons. The van der Waals surface area contributed by atoms with Crippen LogP contribution in [0.4, 0.5) is 18.0 Å². The molecule has 1 saturated heterocycles. The molecule has 8 heteroatoms. The van der Waals surface area contributed by atoms with E-state index >= 15 is 0 Å². The normalized spacial score (nSPS) is 23.5. The van der Waals surface area contributed by atoms with E-state index in [0.29, 0.717) is 0 Å². The Balaban J connectivity index is 2.92. The van der Waals surface area contributed by atoms with Gasteiger partial charge >= 0.3 is 12.3 Å². The lowest BCUT2D eigenvalue weighted by atomic mass is 10.0. The second-order valence-corrected chi connectivity index (χ2v) is 7.54. The van der Waals surface area contributed by atoms with Crippen LogP contribution in [0.1, 0.15) is 41.0 Å². The molecule has 0 unspecified atom stereocenters. The van der Waals surface area contributed by atoms with Crippen LogP contribution < -0.4 is 0 Å². The molecular weight excluding hydrogens is 367 g/mol. The van der Waals surface area contributed by atoms with E-state index in [9.17, 15) is 18.0 Å². The lowest BCUT2D eigenvalue weighted by Gasteiger charge is -2.36. The van der Waals surface area contributed by atoms with Crippen molar-refractivity contribution in [1.29, 1.82) is 0 Å². The number of rotatable bonds is 3. The molecule has 0 aromatic heterocycles. The third-order valence-electron chi connectivity index (χ3n) is 3.37. The molecule has 1 fully saturated rings.